The Morgan fingerprint density at radius 3 is 2.48 bits per heavy atom. The number of nitrogens with zero attached hydrogens (tertiary/aromatic N) is 1. The van der Waals surface area contributed by atoms with Crippen LogP contribution in [0.1, 0.15) is 49.8 Å². The summed E-state index contributed by atoms with van der Waals surface area (Å²) < 4.78 is 0. The number of carbonyl (C=O) groups is 1. The first-order chi connectivity index (χ1) is 12.2. The Morgan fingerprint density at radius 1 is 1.12 bits per heavy atom. The van der Waals surface area contributed by atoms with Gasteiger partial charge >= 0.3 is 0 Å². The second-order valence-electron chi connectivity index (χ2n) is 6.93. The first-order valence-electron chi connectivity index (χ1n) is 9.37. The minimum atomic E-state index is -0.298. The van der Waals surface area contributed by atoms with Gasteiger partial charge in [0, 0.05) is 18.3 Å². The van der Waals surface area contributed by atoms with Crippen LogP contribution in [0.3, 0.4) is 0 Å². The van der Waals surface area contributed by atoms with Crippen molar-refractivity contribution in [1.82, 2.24) is 5.32 Å². The summed E-state index contributed by atoms with van der Waals surface area (Å²) in [5.74, 6) is 0.112. The van der Waals surface area contributed by atoms with E-state index in [1.807, 2.05) is 18.2 Å². The lowest BCUT2D eigenvalue weighted by atomic mass is 10.0. The number of amides is 1. The molecule has 0 saturated heterocycles. The van der Waals surface area contributed by atoms with Crippen LogP contribution in [0.15, 0.2) is 54.6 Å². The van der Waals surface area contributed by atoms with Crippen LogP contribution >= 0.6 is 0 Å². The number of benzene rings is 2. The molecule has 1 N–H and O–H groups in total. The van der Waals surface area contributed by atoms with Crippen LogP contribution in [0.4, 0.5) is 5.69 Å². The maximum Gasteiger partial charge on any atom is 0.247 e. The van der Waals surface area contributed by atoms with E-state index < -0.39 is 0 Å². The summed E-state index contributed by atoms with van der Waals surface area (Å²) in [6.45, 7) is 4.98. The molecule has 1 aliphatic rings. The summed E-state index contributed by atoms with van der Waals surface area (Å²) >= 11 is 0. The molecule has 0 spiro atoms. The van der Waals surface area contributed by atoms with Gasteiger partial charge in [0.05, 0.1) is 0 Å². The van der Waals surface area contributed by atoms with Gasteiger partial charge in [-0.3, -0.25) is 4.79 Å². The van der Waals surface area contributed by atoms with Gasteiger partial charge in [0.15, 0.2) is 0 Å². The number of carbonyl (C=O) groups excluding carboxylic acids is 1. The van der Waals surface area contributed by atoms with E-state index in [0.717, 1.165) is 30.6 Å². The predicted octanol–water partition coefficient (Wildman–Crippen LogP) is 4.62. The Bertz CT molecular complexity index is 692. The van der Waals surface area contributed by atoms with E-state index >= 15 is 0 Å². The second kappa shape index (κ2) is 8.19. The summed E-state index contributed by atoms with van der Waals surface area (Å²) in [6.07, 6.45) is 4.64. The lowest BCUT2D eigenvalue weighted by molar-refractivity contribution is -0.123. The summed E-state index contributed by atoms with van der Waals surface area (Å²) in [5, 5.41) is 3.30. The molecule has 1 aliphatic carbocycles. The lowest BCUT2D eigenvalue weighted by Gasteiger charge is -2.33. The molecule has 0 aliphatic heterocycles. The molecular weight excluding hydrogens is 308 g/mol. The zero-order valence-corrected chi connectivity index (χ0v) is 15.2. The fraction of sp³-hybridized carbons (Fsp3) is 0.409. The van der Waals surface area contributed by atoms with E-state index in [2.05, 4.69) is 60.5 Å². The van der Waals surface area contributed by atoms with Gasteiger partial charge in [0.1, 0.15) is 6.04 Å². The van der Waals surface area contributed by atoms with Crippen LogP contribution in [-0.4, -0.2) is 18.5 Å². The molecule has 1 unspecified atom stereocenters. The minimum absolute atomic E-state index is 0.112. The quantitative estimate of drug-likeness (QED) is 0.835. The highest BCUT2D eigenvalue weighted by atomic mass is 16.2. The van der Waals surface area contributed by atoms with Crippen molar-refractivity contribution in [1.29, 1.82) is 0 Å². The molecule has 3 rings (SSSR count). The lowest BCUT2D eigenvalue weighted by Crippen LogP contribution is -2.44. The SMILES string of the molecule is CCN(c1cccc(C)c1)C(C(=O)NC1CCCC1)c1ccccc1. The molecule has 0 radical (unpaired) electrons. The molecule has 2 aromatic carbocycles. The number of likely N-dealkylation sites (N-methyl/N-ethyl adjacent to an activating group) is 1. The maximum absolute atomic E-state index is 13.2. The third-order valence-electron chi connectivity index (χ3n) is 5.05. The van der Waals surface area contributed by atoms with Crippen molar-refractivity contribution in [3.8, 4) is 0 Å². The van der Waals surface area contributed by atoms with Gasteiger partial charge in [-0.05, 0) is 49.9 Å². The number of aryl methyl sites for hydroxylation is 1. The van der Waals surface area contributed by atoms with Gasteiger partial charge in [0.25, 0.3) is 0 Å². The van der Waals surface area contributed by atoms with Crippen molar-refractivity contribution >= 4 is 11.6 Å². The maximum atomic E-state index is 13.2. The Balaban J connectivity index is 1.92. The summed E-state index contributed by atoms with van der Waals surface area (Å²) in [4.78, 5) is 15.4. The average molecular weight is 336 g/mol. The molecule has 3 nitrogen and oxygen atoms in total. The number of rotatable bonds is 6. The molecule has 1 fully saturated rings. The molecule has 1 atom stereocenters. The van der Waals surface area contributed by atoms with Crippen molar-refractivity contribution in [3.63, 3.8) is 0 Å². The van der Waals surface area contributed by atoms with Gasteiger partial charge in [0.2, 0.25) is 5.91 Å². The van der Waals surface area contributed by atoms with E-state index in [4.69, 9.17) is 0 Å². The zero-order valence-electron chi connectivity index (χ0n) is 15.2. The third-order valence-corrected chi connectivity index (χ3v) is 5.05. The molecule has 0 heterocycles. The highest BCUT2D eigenvalue weighted by molar-refractivity contribution is 5.87. The van der Waals surface area contributed by atoms with Crippen LogP contribution in [0.2, 0.25) is 0 Å². The van der Waals surface area contributed by atoms with Crippen molar-refractivity contribution in [2.75, 3.05) is 11.4 Å². The fourth-order valence-corrected chi connectivity index (χ4v) is 3.78. The molecule has 1 saturated carbocycles. The number of hydrogen-bond donors (Lipinski definition) is 1. The van der Waals surface area contributed by atoms with Gasteiger partial charge in [-0.25, -0.2) is 0 Å². The highest BCUT2D eigenvalue weighted by Crippen LogP contribution is 2.29. The van der Waals surface area contributed by atoms with E-state index in [1.165, 1.54) is 18.4 Å². The molecule has 1 amide bonds. The second-order valence-corrected chi connectivity index (χ2v) is 6.93. The first kappa shape index (κ1) is 17.5. The van der Waals surface area contributed by atoms with Gasteiger partial charge in [-0.1, -0.05) is 55.3 Å². The van der Waals surface area contributed by atoms with Gasteiger partial charge in [-0.2, -0.15) is 0 Å². The van der Waals surface area contributed by atoms with Gasteiger partial charge < -0.3 is 10.2 Å². The van der Waals surface area contributed by atoms with Gasteiger partial charge in [-0.15, -0.1) is 0 Å². The smallest absolute Gasteiger partial charge is 0.247 e. The van der Waals surface area contributed by atoms with E-state index in [-0.39, 0.29) is 11.9 Å². The molecule has 132 valence electrons. The standard InChI is InChI=1S/C22H28N2O/c1-3-24(20-15-9-10-17(2)16-20)21(18-11-5-4-6-12-18)22(25)23-19-13-7-8-14-19/h4-6,9-12,15-16,19,21H,3,7-8,13-14H2,1-2H3,(H,23,25). The van der Waals surface area contributed by atoms with Crippen molar-refractivity contribution in [3.05, 3.63) is 65.7 Å². The molecule has 0 aromatic heterocycles. The summed E-state index contributed by atoms with van der Waals surface area (Å²) in [7, 11) is 0. The fourth-order valence-electron chi connectivity index (χ4n) is 3.78. The van der Waals surface area contributed by atoms with Crippen LogP contribution < -0.4 is 10.2 Å². The van der Waals surface area contributed by atoms with E-state index in [0.29, 0.717) is 6.04 Å². The van der Waals surface area contributed by atoms with Crippen molar-refractivity contribution in [2.45, 2.75) is 51.6 Å². The first-order valence-corrected chi connectivity index (χ1v) is 9.37. The topological polar surface area (TPSA) is 32.3 Å². The van der Waals surface area contributed by atoms with Crippen LogP contribution in [0, 0.1) is 6.92 Å². The number of anilines is 1. The summed E-state index contributed by atoms with van der Waals surface area (Å²) in [5.41, 5.74) is 3.35. The van der Waals surface area contributed by atoms with Crippen LogP contribution in [-0.2, 0) is 4.79 Å². The monoisotopic (exact) mass is 336 g/mol. The highest BCUT2D eigenvalue weighted by Gasteiger charge is 2.29. The van der Waals surface area contributed by atoms with E-state index in [1.54, 1.807) is 0 Å². The Labute approximate surface area is 151 Å². The molecular formula is C22H28N2O. The Hall–Kier alpha value is -2.29. The molecule has 0 bridgehead atoms. The minimum Gasteiger partial charge on any atom is -0.356 e. The molecule has 2 aromatic rings. The Kier molecular flexibility index (Phi) is 5.75. The largest absolute Gasteiger partial charge is 0.356 e. The average Bonchev–Trinajstić information content (AvgIpc) is 3.13. The van der Waals surface area contributed by atoms with E-state index in [9.17, 15) is 4.79 Å². The molecule has 3 heteroatoms. The van der Waals surface area contributed by atoms with Crippen molar-refractivity contribution < 1.29 is 4.79 Å². The Morgan fingerprint density at radius 2 is 1.84 bits per heavy atom. The normalized spacial score (nSPS) is 15.8. The predicted molar refractivity (Wildman–Crippen MR) is 104 cm³/mol. The van der Waals surface area contributed by atoms with Crippen LogP contribution in [0.25, 0.3) is 0 Å². The number of hydrogen-bond acceptors (Lipinski definition) is 2. The van der Waals surface area contributed by atoms with Crippen LogP contribution in [0.5, 0.6) is 0 Å². The zero-order chi connectivity index (χ0) is 17.6. The molecule has 25 heavy (non-hydrogen) atoms. The van der Waals surface area contributed by atoms with Crippen molar-refractivity contribution in [2.24, 2.45) is 0 Å². The summed E-state index contributed by atoms with van der Waals surface area (Å²) in [6, 6.07) is 18.6. The third kappa shape index (κ3) is 4.22. The number of nitrogens with one attached hydrogen (secondary N) is 1.